The summed E-state index contributed by atoms with van der Waals surface area (Å²) in [5, 5.41) is 14.2. The number of hydrogen-bond donors (Lipinski definition) is 1. The average Bonchev–Trinajstić information content (AvgIpc) is 3.19. The number of non-ortho nitro benzene ring substituents is 1. The van der Waals surface area contributed by atoms with E-state index in [0.717, 1.165) is 36.6 Å². The Hall–Kier alpha value is -3.52. The lowest BCUT2D eigenvalue weighted by atomic mass is 10.0. The molecule has 9 heteroatoms. The second-order valence-electron chi connectivity index (χ2n) is 6.83. The third-order valence-corrected chi connectivity index (χ3v) is 5.22. The van der Waals surface area contributed by atoms with Crippen LogP contribution in [0.1, 0.15) is 28.0 Å². The van der Waals surface area contributed by atoms with Crippen LogP contribution in [0.5, 0.6) is 0 Å². The van der Waals surface area contributed by atoms with Gasteiger partial charge >= 0.3 is 5.97 Å². The molecule has 1 amide bonds. The van der Waals surface area contributed by atoms with Gasteiger partial charge in [-0.05, 0) is 37.0 Å². The van der Waals surface area contributed by atoms with Crippen molar-refractivity contribution in [1.82, 2.24) is 4.98 Å². The number of para-hydroxylation sites is 1. The third kappa shape index (κ3) is 3.81. The quantitative estimate of drug-likeness (QED) is 0.374. The van der Waals surface area contributed by atoms with E-state index in [1.165, 1.54) is 12.1 Å². The molecule has 0 bridgehead atoms. The number of aryl methyl sites for hydroxylation is 1. The number of ether oxygens (including phenoxy) is 1. The monoisotopic (exact) mass is 425 g/mol. The van der Waals surface area contributed by atoms with E-state index in [9.17, 15) is 19.7 Å². The number of nitrogens with one attached hydrogen (secondary N) is 1. The zero-order valence-corrected chi connectivity index (χ0v) is 16.4. The van der Waals surface area contributed by atoms with Gasteiger partial charge in [-0.15, -0.1) is 0 Å². The van der Waals surface area contributed by atoms with E-state index in [2.05, 4.69) is 10.3 Å². The first-order valence-electron chi connectivity index (χ1n) is 9.25. The van der Waals surface area contributed by atoms with E-state index in [-0.39, 0.29) is 16.4 Å². The number of aromatic nitrogens is 1. The van der Waals surface area contributed by atoms with Crippen LogP contribution < -0.4 is 5.32 Å². The molecule has 1 heterocycles. The summed E-state index contributed by atoms with van der Waals surface area (Å²) in [7, 11) is 0. The molecular formula is C21H16ClN3O5. The smallest absolute Gasteiger partial charge is 0.339 e. The number of rotatable bonds is 5. The summed E-state index contributed by atoms with van der Waals surface area (Å²) >= 11 is 5.98. The van der Waals surface area contributed by atoms with Crippen LogP contribution in [-0.2, 0) is 22.4 Å². The summed E-state index contributed by atoms with van der Waals surface area (Å²) < 4.78 is 5.26. The number of nitrogens with zero attached hydrogens (tertiary/aromatic N) is 2. The molecule has 0 saturated heterocycles. The van der Waals surface area contributed by atoms with Crippen LogP contribution in [-0.4, -0.2) is 28.4 Å². The number of nitro benzene ring substituents is 1. The highest BCUT2D eigenvalue weighted by atomic mass is 35.5. The number of carbonyl (C=O) groups excluding carboxylic acids is 2. The molecule has 0 unspecified atom stereocenters. The van der Waals surface area contributed by atoms with E-state index < -0.39 is 23.4 Å². The van der Waals surface area contributed by atoms with Crippen molar-refractivity contribution in [3.05, 3.63) is 74.4 Å². The lowest BCUT2D eigenvalue weighted by molar-refractivity contribution is -0.384. The summed E-state index contributed by atoms with van der Waals surface area (Å²) in [6, 6.07) is 11.0. The highest BCUT2D eigenvalue weighted by Gasteiger charge is 2.25. The van der Waals surface area contributed by atoms with Crippen molar-refractivity contribution in [1.29, 1.82) is 0 Å². The van der Waals surface area contributed by atoms with Crippen LogP contribution in [0.15, 0.2) is 42.5 Å². The second-order valence-corrected chi connectivity index (χ2v) is 7.24. The van der Waals surface area contributed by atoms with Crippen molar-refractivity contribution < 1.29 is 19.2 Å². The minimum atomic E-state index is -0.652. The third-order valence-electron chi connectivity index (χ3n) is 4.89. The van der Waals surface area contributed by atoms with Gasteiger partial charge in [-0.3, -0.25) is 19.9 Å². The number of esters is 1. The van der Waals surface area contributed by atoms with Crippen molar-refractivity contribution >= 4 is 45.8 Å². The molecule has 3 aromatic rings. The molecule has 0 fully saturated rings. The normalized spacial score (nSPS) is 12.4. The van der Waals surface area contributed by atoms with Crippen molar-refractivity contribution in [2.24, 2.45) is 0 Å². The van der Waals surface area contributed by atoms with Crippen LogP contribution in [0.4, 0.5) is 11.4 Å². The number of nitro groups is 1. The molecule has 30 heavy (non-hydrogen) atoms. The summed E-state index contributed by atoms with van der Waals surface area (Å²) in [5.41, 5.74) is 2.74. The average molecular weight is 426 g/mol. The van der Waals surface area contributed by atoms with Crippen LogP contribution >= 0.6 is 11.6 Å². The summed E-state index contributed by atoms with van der Waals surface area (Å²) in [6.07, 6.45) is 2.43. The lowest BCUT2D eigenvalue weighted by Gasteiger charge is -2.12. The van der Waals surface area contributed by atoms with E-state index >= 15 is 0 Å². The van der Waals surface area contributed by atoms with Gasteiger partial charge in [0.25, 0.3) is 11.6 Å². The molecule has 0 saturated carbocycles. The maximum absolute atomic E-state index is 12.8. The Morgan fingerprint density at radius 3 is 2.80 bits per heavy atom. The Morgan fingerprint density at radius 1 is 1.20 bits per heavy atom. The zero-order chi connectivity index (χ0) is 21.3. The summed E-state index contributed by atoms with van der Waals surface area (Å²) in [4.78, 5) is 40.0. The lowest BCUT2D eigenvalue weighted by Crippen LogP contribution is -2.22. The Balaban J connectivity index is 1.52. The van der Waals surface area contributed by atoms with Gasteiger partial charge in [0, 0.05) is 23.2 Å². The molecule has 1 aliphatic carbocycles. The van der Waals surface area contributed by atoms with Gasteiger partial charge in [0.05, 0.1) is 26.7 Å². The standard InChI is InChI=1S/C21H16ClN3O5/c22-15-9-8-12(25(28)29)10-18(15)24-19(26)11-30-21(27)20-13-4-1-2-6-16(13)23-17-7-3-5-14(17)20/h1-2,4,6,8-10H,3,5,7,11H2,(H,24,26). The Bertz CT molecular complexity index is 1190. The fraction of sp³-hybridized carbons (Fsp3) is 0.190. The van der Waals surface area contributed by atoms with Crippen molar-refractivity contribution in [2.45, 2.75) is 19.3 Å². The highest BCUT2D eigenvalue weighted by Crippen LogP contribution is 2.30. The molecule has 1 aromatic heterocycles. The number of hydrogen-bond acceptors (Lipinski definition) is 6. The topological polar surface area (TPSA) is 111 Å². The molecular weight excluding hydrogens is 410 g/mol. The Kier molecular flexibility index (Phi) is 5.33. The minimum Gasteiger partial charge on any atom is -0.452 e. The van der Waals surface area contributed by atoms with Crippen molar-refractivity contribution in [3.63, 3.8) is 0 Å². The van der Waals surface area contributed by atoms with Crippen LogP contribution in [0.3, 0.4) is 0 Å². The first-order valence-corrected chi connectivity index (χ1v) is 9.63. The molecule has 0 atom stereocenters. The Morgan fingerprint density at radius 2 is 2.00 bits per heavy atom. The molecule has 2 aromatic carbocycles. The first kappa shape index (κ1) is 19.8. The maximum Gasteiger partial charge on any atom is 0.339 e. The molecule has 8 nitrogen and oxygen atoms in total. The van der Waals surface area contributed by atoms with Gasteiger partial charge in [0.1, 0.15) is 0 Å². The molecule has 1 N–H and O–H groups in total. The Labute approximate surface area is 176 Å². The number of anilines is 1. The molecule has 152 valence electrons. The van der Waals surface area contributed by atoms with Crippen LogP contribution in [0.2, 0.25) is 5.02 Å². The van der Waals surface area contributed by atoms with Crippen molar-refractivity contribution in [2.75, 3.05) is 11.9 Å². The van der Waals surface area contributed by atoms with E-state index in [1.54, 1.807) is 6.07 Å². The molecule has 4 rings (SSSR count). The predicted octanol–water partition coefficient (Wildman–Crippen LogP) is 4.08. The summed E-state index contributed by atoms with van der Waals surface area (Å²) in [6.45, 7) is -0.552. The molecule has 0 aliphatic heterocycles. The number of pyridine rings is 1. The molecule has 1 aliphatic rings. The van der Waals surface area contributed by atoms with Crippen LogP contribution in [0.25, 0.3) is 10.9 Å². The molecule has 0 radical (unpaired) electrons. The predicted molar refractivity (Wildman–Crippen MR) is 111 cm³/mol. The number of fused-ring (bicyclic) bond motifs is 2. The minimum absolute atomic E-state index is 0.0715. The van der Waals surface area contributed by atoms with E-state index in [0.29, 0.717) is 16.5 Å². The van der Waals surface area contributed by atoms with Gasteiger partial charge in [-0.1, -0.05) is 29.8 Å². The van der Waals surface area contributed by atoms with Gasteiger partial charge in [0.2, 0.25) is 0 Å². The highest BCUT2D eigenvalue weighted by molar-refractivity contribution is 6.33. The second kappa shape index (κ2) is 8.08. The fourth-order valence-electron chi connectivity index (χ4n) is 3.56. The summed E-state index contributed by atoms with van der Waals surface area (Å²) in [5.74, 6) is -1.26. The fourth-order valence-corrected chi connectivity index (χ4v) is 3.72. The van der Waals surface area contributed by atoms with Crippen LogP contribution in [0, 0.1) is 10.1 Å². The van der Waals surface area contributed by atoms with Gasteiger partial charge in [-0.25, -0.2) is 4.79 Å². The number of carbonyl (C=O) groups is 2. The zero-order valence-electron chi connectivity index (χ0n) is 15.7. The van der Waals surface area contributed by atoms with Gasteiger partial charge < -0.3 is 10.1 Å². The number of amides is 1. The maximum atomic E-state index is 12.8. The number of benzene rings is 2. The SMILES string of the molecule is O=C(COC(=O)c1c2c(nc3ccccc13)CCC2)Nc1cc([N+](=O)[O-])ccc1Cl. The van der Waals surface area contributed by atoms with Gasteiger partial charge in [0.15, 0.2) is 6.61 Å². The van der Waals surface area contributed by atoms with Crippen molar-refractivity contribution in [3.8, 4) is 0 Å². The number of halogens is 1. The van der Waals surface area contributed by atoms with Gasteiger partial charge in [-0.2, -0.15) is 0 Å². The first-order chi connectivity index (χ1) is 14.4. The largest absolute Gasteiger partial charge is 0.452 e. The molecule has 0 spiro atoms. The van der Waals surface area contributed by atoms with E-state index in [4.69, 9.17) is 16.3 Å². The van der Waals surface area contributed by atoms with E-state index in [1.807, 2.05) is 18.2 Å².